The first-order valence-corrected chi connectivity index (χ1v) is 4.49. The van der Waals surface area contributed by atoms with Gasteiger partial charge in [-0.1, -0.05) is 0 Å². The second-order valence-corrected chi connectivity index (χ2v) is 3.34. The predicted octanol–water partition coefficient (Wildman–Crippen LogP) is 1.78. The van der Waals surface area contributed by atoms with E-state index in [2.05, 4.69) is 4.98 Å². The zero-order valence-corrected chi connectivity index (χ0v) is 7.55. The third-order valence-electron chi connectivity index (χ3n) is 2.10. The van der Waals surface area contributed by atoms with Crippen LogP contribution in [-0.2, 0) is 0 Å². The third kappa shape index (κ3) is 1.99. The fourth-order valence-corrected chi connectivity index (χ4v) is 1.11. The van der Waals surface area contributed by atoms with Crippen molar-refractivity contribution in [2.24, 2.45) is 5.92 Å². The van der Waals surface area contributed by atoms with Crippen LogP contribution in [0, 0.1) is 16.0 Å². The number of aromatic nitrogens is 1. The zero-order valence-electron chi connectivity index (χ0n) is 7.55. The van der Waals surface area contributed by atoms with Gasteiger partial charge in [0.2, 0.25) is 0 Å². The van der Waals surface area contributed by atoms with Gasteiger partial charge in [-0.2, -0.15) is 0 Å². The zero-order chi connectivity index (χ0) is 9.97. The highest BCUT2D eigenvalue weighted by Crippen LogP contribution is 2.31. The van der Waals surface area contributed by atoms with Crippen LogP contribution in [0.25, 0.3) is 0 Å². The largest absolute Gasteiger partial charge is 0.473 e. The summed E-state index contributed by atoms with van der Waals surface area (Å²) in [5.74, 6) is 0.695. The number of rotatable bonds is 4. The molecule has 5 nitrogen and oxygen atoms in total. The van der Waals surface area contributed by atoms with Crippen LogP contribution in [0.15, 0.2) is 18.3 Å². The summed E-state index contributed by atoms with van der Waals surface area (Å²) in [5.41, 5.74) is -0.0619. The minimum atomic E-state index is -0.477. The second kappa shape index (κ2) is 3.61. The van der Waals surface area contributed by atoms with E-state index in [0.717, 1.165) is 12.8 Å². The first-order valence-electron chi connectivity index (χ1n) is 4.49. The Labute approximate surface area is 80.9 Å². The van der Waals surface area contributed by atoms with E-state index in [1.54, 1.807) is 0 Å². The molecule has 0 N–H and O–H groups in total. The van der Waals surface area contributed by atoms with Crippen LogP contribution < -0.4 is 4.74 Å². The van der Waals surface area contributed by atoms with Crippen molar-refractivity contribution in [1.82, 2.24) is 4.98 Å². The van der Waals surface area contributed by atoms with E-state index in [-0.39, 0.29) is 11.6 Å². The van der Waals surface area contributed by atoms with Crippen molar-refractivity contribution in [2.75, 3.05) is 6.61 Å². The molecule has 1 aromatic heterocycles. The SMILES string of the molecule is O=[N+]([O-])c1cccnc1OCC1CC1. The number of pyridine rings is 1. The van der Waals surface area contributed by atoms with Gasteiger partial charge in [0.05, 0.1) is 11.5 Å². The lowest BCUT2D eigenvalue weighted by Crippen LogP contribution is -2.03. The van der Waals surface area contributed by atoms with E-state index in [9.17, 15) is 10.1 Å². The van der Waals surface area contributed by atoms with Crippen LogP contribution in [0.4, 0.5) is 5.69 Å². The standard InChI is InChI=1S/C9H10N2O3/c12-11(13)8-2-1-5-10-9(8)14-6-7-3-4-7/h1-2,5,7H,3-4,6H2. The number of hydrogen-bond donors (Lipinski definition) is 0. The fraction of sp³-hybridized carbons (Fsp3) is 0.444. The van der Waals surface area contributed by atoms with Gasteiger partial charge >= 0.3 is 5.69 Å². The van der Waals surface area contributed by atoms with Gasteiger partial charge in [-0.3, -0.25) is 10.1 Å². The van der Waals surface area contributed by atoms with Crippen molar-refractivity contribution in [3.8, 4) is 5.88 Å². The Hall–Kier alpha value is -1.65. The molecular formula is C9H10N2O3. The van der Waals surface area contributed by atoms with E-state index in [1.165, 1.54) is 18.3 Å². The van der Waals surface area contributed by atoms with Gasteiger partial charge in [0.15, 0.2) is 0 Å². The molecule has 0 spiro atoms. The fourth-order valence-electron chi connectivity index (χ4n) is 1.11. The third-order valence-corrected chi connectivity index (χ3v) is 2.10. The molecule has 74 valence electrons. The summed E-state index contributed by atoms with van der Waals surface area (Å²) in [6.07, 6.45) is 3.80. The Kier molecular flexibility index (Phi) is 2.30. The van der Waals surface area contributed by atoms with Crippen molar-refractivity contribution in [2.45, 2.75) is 12.8 Å². The van der Waals surface area contributed by atoms with Crippen LogP contribution in [-0.4, -0.2) is 16.5 Å². The molecule has 1 heterocycles. The summed E-state index contributed by atoms with van der Waals surface area (Å²) in [5, 5.41) is 10.6. The Bertz CT molecular complexity index is 350. The van der Waals surface area contributed by atoms with E-state index in [0.29, 0.717) is 12.5 Å². The van der Waals surface area contributed by atoms with Gasteiger partial charge in [-0.25, -0.2) is 4.98 Å². The minimum Gasteiger partial charge on any atom is -0.473 e. The summed E-state index contributed by atoms with van der Waals surface area (Å²) < 4.78 is 5.27. The Morgan fingerprint density at radius 2 is 2.43 bits per heavy atom. The number of ether oxygens (including phenoxy) is 1. The van der Waals surface area contributed by atoms with Gasteiger partial charge < -0.3 is 4.74 Å². The van der Waals surface area contributed by atoms with Crippen LogP contribution in [0.2, 0.25) is 0 Å². The molecular weight excluding hydrogens is 184 g/mol. The molecule has 0 aliphatic heterocycles. The maximum Gasteiger partial charge on any atom is 0.330 e. The normalized spacial score (nSPS) is 15.1. The molecule has 0 radical (unpaired) electrons. The Morgan fingerprint density at radius 1 is 1.64 bits per heavy atom. The van der Waals surface area contributed by atoms with Gasteiger partial charge in [-0.15, -0.1) is 0 Å². The number of nitro groups is 1. The van der Waals surface area contributed by atoms with Gasteiger partial charge in [-0.05, 0) is 24.8 Å². The average Bonchev–Trinajstić information content (AvgIpc) is 2.98. The van der Waals surface area contributed by atoms with Crippen molar-refractivity contribution < 1.29 is 9.66 Å². The molecule has 1 aliphatic carbocycles. The van der Waals surface area contributed by atoms with Gasteiger partial charge in [0, 0.05) is 12.3 Å². The van der Waals surface area contributed by atoms with E-state index in [1.807, 2.05) is 0 Å². The lowest BCUT2D eigenvalue weighted by molar-refractivity contribution is -0.386. The molecule has 2 rings (SSSR count). The first-order chi connectivity index (χ1) is 6.77. The average molecular weight is 194 g/mol. The second-order valence-electron chi connectivity index (χ2n) is 3.34. The molecule has 0 aromatic carbocycles. The van der Waals surface area contributed by atoms with Gasteiger partial charge in [0.1, 0.15) is 0 Å². The molecule has 1 saturated carbocycles. The van der Waals surface area contributed by atoms with Crippen LogP contribution >= 0.6 is 0 Å². The van der Waals surface area contributed by atoms with E-state index >= 15 is 0 Å². The van der Waals surface area contributed by atoms with E-state index in [4.69, 9.17) is 4.74 Å². The first kappa shape index (κ1) is 8.93. The van der Waals surface area contributed by atoms with Gasteiger partial charge in [0.25, 0.3) is 5.88 Å². The predicted molar refractivity (Wildman–Crippen MR) is 49.1 cm³/mol. The summed E-state index contributed by atoms with van der Waals surface area (Å²) >= 11 is 0. The number of hydrogen-bond acceptors (Lipinski definition) is 4. The van der Waals surface area contributed by atoms with Crippen molar-refractivity contribution in [3.63, 3.8) is 0 Å². The summed E-state index contributed by atoms with van der Waals surface area (Å²) in [6, 6.07) is 2.93. The molecule has 1 fully saturated rings. The molecule has 5 heteroatoms. The molecule has 0 atom stereocenters. The van der Waals surface area contributed by atoms with Crippen LogP contribution in [0.5, 0.6) is 5.88 Å². The topological polar surface area (TPSA) is 65.3 Å². The highest BCUT2D eigenvalue weighted by atomic mass is 16.6. The smallest absolute Gasteiger partial charge is 0.330 e. The monoisotopic (exact) mass is 194 g/mol. The molecule has 0 unspecified atom stereocenters. The van der Waals surface area contributed by atoms with Crippen LogP contribution in [0.1, 0.15) is 12.8 Å². The Balaban J connectivity index is 2.09. The minimum absolute atomic E-state index is 0.0619. The van der Waals surface area contributed by atoms with Crippen molar-refractivity contribution >= 4 is 5.69 Å². The van der Waals surface area contributed by atoms with Crippen LogP contribution in [0.3, 0.4) is 0 Å². The lowest BCUT2D eigenvalue weighted by Gasteiger charge is -2.03. The maximum atomic E-state index is 10.6. The molecule has 14 heavy (non-hydrogen) atoms. The van der Waals surface area contributed by atoms with E-state index < -0.39 is 4.92 Å². The maximum absolute atomic E-state index is 10.6. The Morgan fingerprint density at radius 3 is 3.07 bits per heavy atom. The molecule has 1 aliphatic rings. The molecule has 0 bridgehead atoms. The van der Waals surface area contributed by atoms with Crippen molar-refractivity contribution in [3.05, 3.63) is 28.4 Å². The van der Waals surface area contributed by atoms with Crippen molar-refractivity contribution in [1.29, 1.82) is 0 Å². The highest BCUT2D eigenvalue weighted by molar-refractivity contribution is 5.39. The molecule has 0 amide bonds. The number of nitrogens with zero attached hydrogens (tertiary/aromatic N) is 2. The molecule has 1 aromatic rings. The quantitative estimate of drug-likeness (QED) is 0.541. The summed E-state index contributed by atoms with van der Waals surface area (Å²) in [4.78, 5) is 13.9. The molecule has 0 saturated heterocycles. The lowest BCUT2D eigenvalue weighted by atomic mass is 10.4. The summed E-state index contributed by atoms with van der Waals surface area (Å²) in [7, 11) is 0. The highest BCUT2D eigenvalue weighted by Gasteiger charge is 2.24. The summed E-state index contributed by atoms with van der Waals surface area (Å²) in [6.45, 7) is 0.540.